The first-order chi connectivity index (χ1) is 9.65. The van der Waals surface area contributed by atoms with Crippen LogP contribution in [0.25, 0.3) is 0 Å². The SMILES string of the molecule is Cc1ccc(OCCOc2ccc(C(=O)O)cc2)cn1. The third-order valence-corrected chi connectivity index (χ3v) is 2.61. The van der Waals surface area contributed by atoms with Gasteiger partial charge in [-0.25, -0.2) is 4.79 Å². The molecule has 0 spiro atoms. The van der Waals surface area contributed by atoms with E-state index in [0.717, 1.165) is 5.69 Å². The summed E-state index contributed by atoms with van der Waals surface area (Å²) < 4.78 is 10.9. The summed E-state index contributed by atoms with van der Waals surface area (Å²) in [6, 6.07) is 9.98. The number of aryl methyl sites for hydroxylation is 1. The largest absolute Gasteiger partial charge is 0.490 e. The third kappa shape index (κ3) is 3.98. The van der Waals surface area contributed by atoms with E-state index in [2.05, 4.69) is 4.98 Å². The zero-order valence-corrected chi connectivity index (χ0v) is 11.1. The van der Waals surface area contributed by atoms with Crippen LogP contribution in [0.15, 0.2) is 42.6 Å². The van der Waals surface area contributed by atoms with Crippen molar-refractivity contribution in [1.29, 1.82) is 0 Å². The van der Waals surface area contributed by atoms with Crippen LogP contribution in [0.4, 0.5) is 0 Å². The van der Waals surface area contributed by atoms with Crippen LogP contribution < -0.4 is 9.47 Å². The Balaban J connectivity index is 1.75. The Hall–Kier alpha value is -2.56. The number of carboxylic acids is 1. The van der Waals surface area contributed by atoms with Gasteiger partial charge in [-0.05, 0) is 43.3 Å². The van der Waals surface area contributed by atoms with Crippen molar-refractivity contribution < 1.29 is 19.4 Å². The number of pyridine rings is 1. The Morgan fingerprint density at radius 2 is 1.65 bits per heavy atom. The van der Waals surface area contributed by atoms with Crippen LogP contribution in [-0.2, 0) is 0 Å². The molecular weight excluding hydrogens is 258 g/mol. The molecule has 5 heteroatoms. The summed E-state index contributed by atoms with van der Waals surface area (Å²) in [5.74, 6) is 0.354. The highest BCUT2D eigenvalue weighted by Crippen LogP contribution is 2.12. The molecular formula is C15H15NO4. The van der Waals surface area contributed by atoms with Crippen LogP contribution in [0, 0.1) is 6.92 Å². The van der Waals surface area contributed by atoms with Crippen molar-refractivity contribution in [2.45, 2.75) is 6.92 Å². The summed E-state index contributed by atoms with van der Waals surface area (Å²) in [5, 5.41) is 8.77. The van der Waals surface area contributed by atoms with Crippen molar-refractivity contribution in [3.63, 3.8) is 0 Å². The van der Waals surface area contributed by atoms with Crippen molar-refractivity contribution in [3.05, 3.63) is 53.9 Å². The first-order valence-electron chi connectivity index (χ1n) is 6.17. The van der Waals surface area contributed by atoms with Gasteiger partial charge in [0, 0.05) is 5.69 Å². The molecule has 5 nitrogen and oxygen atoms in total. The number of hydrogen-bond donors (Lipinski definition) is 1. The minimum atomic E-state index is -0.952. The molecule has 0 radical (unpaired) electrons. The predicted molar refractivity (Wildman–Crippen MR) is 73.4 cm³/mol. The van der Waals surface area contributed by atoms with Gasteiger partial charge in [0.05, 0.1) is 11.8 Å². The van der Waals surface area contributed by atoms with Crippen LogP contribution in [0.2, 0.25) is 0 Å². The summed E-state index contributed by atoms with van der Waals surface area (Å²) in [6.45, 7) is 2.68. The second kappa shape index (κ2) is 6.56. The van der Waals surface area contributed by atoms with Gasteiger partial charge < -0.3 is 14.6 Å². The fourth-order valence-corrected chi connectivity index (χ4v) is 1.55. The zero-order chi connectivity index (χ0) is 14.4. The maximum Gasteiger partial charge on any atom is 0.335 e. The highest BCUT2D eigenvalue weighted by molar-refractivity contribution is 5.87. The first-order valence-corrected chi connectivity index (χ1v) is 6.17. The van der Waals surface area contributed by atoms with Gasteiger partial charge in [0.15, 0.2) is 0 Å². The van der Waals surface area contributed by atoms with E-state index in [1.165, 1.54) is 12.1 Å². The molecule has 1 heterocycles. The molecule has 0 atom stereocenters. The van der Waals surface area contributed by atoms with Gasteiger partial charge in [0.25, 0.3) is 0 Å². The topological polar surface area (TPSA) is 68.7 Å². The smallest absolute Gasteiger partial charge is 0.335 e. The number of carbonyl (C=O) groups is 1. The highest BCUT2D eigenvalue weighted by Gasteiger charge is 2.02. The Bertz CT molecular complexity index is 563. The Kier molecular flexibility index (Phi) is 4.55. The van der Waals surface area contributed by atoms with Crippen molar-refractivity contribution in [2.24, 2.45) is 0 Å². The minimum Gasteiger partial charge on any atom is -0.490 e. The molecule has 2 rings (SSSR count). The molecule has 0 saturated carbocycles. The molecule has 0 bridgehead atoms. The maximum atomic E-state index is 10.7. The molecule has 1 aromatic carbocycles. The maximum absolute atomic E-state index is 10.7. The molecule has 0 unspecified atom stereocenters. The van der Waals surface area contributed by atoms with E-state index in [0.29, 0.717) is 24.7 Å². The molecule has 20 heavy (non-hydrogen) atoms. The Morgan fingerprint density at radius 3 is 2.20 bits per heavy atom. The molecule has 0 fully saturated rings. The third-order valence-electron chi connectivity index (χ3n) is 2.61. The lowest BCUT2D eigenvalue weighted by atomic mass is 10.2. The van der Waals surface area contributed by atoms with E-state index in [-0.39, 0.29) is 5.56 Å². The van der Waals surface area contributed by atoms with Gasteiger partial charge in [-0.3, -0.25) is 4.98 Å². The van der Waals surface area contributed by atoms with Gasteiger partial charge in [-0.1, -0.05) is 0 Å². The minimum absolute atomic E-state index is 0.235. The fourth-order valence-electron chi connectivity index (χ4n) is 1.55. The van der Waals surface area contributed by atoms with Crippen LogP contribution >= 0.6 is 0 Å². The lowest BCUT2D eigenvalue weighted by Gasteiger charge is -2.08. The van der Waals surface area contributed by atoms with E-state index in [4.69, 9.17) is 14.6 Å². The van der Waals surface area contributed by atoms with E-state index >= 15 is 0 Å². The summed E-state index contributed by atoms with van der Waals surface area (Å²) in [7, 11) is 0. The molecule has 2 aromatic rings. The Labute approximate surface area is 116 Å². The number of rotatable bonds is 6. The van der Waals surface area contributed by atoms with Crippen LogP contribution in [-0.4, -0.2) is 29.3 Å². The highest BCUT2D eigenvalue weighted by atomic mass is 16.5. The summed E-state index contributed by atoms with van der Waals surface area (Å²) in [6.07, 6.45) is 1.66. The summed E-state index contributed by atoms with van der Waals surface area (Å²) in [5.41, 5.74) is 1.17. The number of hydrogen-bond acceptors (Lipinski definition) is 4. The predicted octanol–water partition coefficient (Wildman–Crippen LogP) is 2.55. The molecule has 0 aliphatic carbocycles. The van der Waals surface area contributed by atoms with E-state index in [1.807, 2.05) is 19.1 Å². The van der Waals surface area contributed by atoms with E-state index in [9.17, 15) is 4.79 Å². The lowest BCUT2D eigenvalue weighted by molar-refractivity contribution is 0.0697. The monoisotopic (exact) mass is 273 g/mol. The van der Waals surface area contributed by atoms with Gasteiger partial charge in [0.1, 0.15) is 24.7 Å². The molecule has 0 saturated heterocycles. The lowest BCUT2D eigenvalue weighted by Crippen LogP contribution is -2.09. The van der Waals surface area contributed by atoms with Crippen molar-refractivity contribution >= 4 is 5.97 Å². The van der Waals surface area contributed by atoms with Crippen LogP contribution in [0.5, 0.6) is 11.5 Å². The summed E-state index contributed by atoms with van der Waals surface area (Å²) in [4.78, 5) is 14.8. The van der Waals surface area contributed by atoms with Gasteiger partial charge in [-0.2, -0.15) is 0 Å². The molecule has 0 amide bonds. The van der Waals surface area contributed by atoms with Gasteiger partial charge in [-0.15, -0.1) is 0 Å². The number of carboxylic acid groups (broad SMARTS) is 1. The number of benzene rings is 1. The molecule has 1 aromatic heterocycles. The van der Waals surface area contributed by atoms with E-state index < -0.39 is 5.97 Å². The average Bonchev–Trinajstić information content (AvgIpc) is 2.46. The van der Waals surface area contributed by atoms with Gasteiger partial charge >= 0.3 is 5.97 Å². The summed E-state index contributed by atoms with van der Waals surface area (Å²) >= 11 is 0. The van der Waals surface area contributed by atoms with Crippen molar-refractivity contribution in [1.82, 2.24) is 4.98 Å². The van der Waals surface area contributed by atoms with Crippen molar-refractivity contribution in [2.75, 3.05) is 13.2 Å². The van der Waals surface area contributed by atoms with Crippen LogP contribution in [0.1, 0.15) is 16.1 Å². The second-order valence-corrected chi connectivity index (χ2v) is 4.16. The normalized spacial score (nSPS) is 10.1. The Morgan fingerprint density at radius 1 is 1.05 bits per heavy atom. The van der Waals surface area contributed by atoms with E-state index in [1.54, 1.807) is 18.3 Å². The number of ether oxygens (including phenoxy) is 2. The zero-order valence-electron chi connectivity index (χ0n) is 11.1. The number of aromatic nitrogens is 1. The molecule has 0 aliphatic rings. The number of aromatic carboxylic acids is 1. The second-order valence-electron chi connectivity index (χ2n) is 4.16. The van der Waals surface area contributed by atoms with Crippen LogP contribution in [0.3, 0.4) is 0 Å². The average molecular weight is 273 g/mol. The quantitative estimate of drug-likeness (QED) is 0.819. The van der Waals surface area contributed by atoms with Crippen molar-refractivity contribution in [3.8, 4) is 11.5 Å². The standard InChI is InChI=1S/C15H15NO4/c1-11-2-5-14(10-16-11)20-9-8-19-13-6-3-12(4-7-13)15(17)18/h2-7,10H,8-9H2,1H3,(H,17,18). The number of nitrogens with zero attached hydrogens (tertiary/aromatic N) is 1. The van der Waals surface area contributed by atoms with Gasteiger partial charge in [0.2, 0.25) is 0 Å². The molecule has 1 N–H and O–H groups in total. The molecule has 104 valence electrons. The molecule has 0 aliphatic heterocycles. The fraction of sp³-hybridized carbons (Fsp3) is 0.200. The first kappa shape index (κ1) is 13.9.